The van der Waals surface area contributed by atoms with Gasteiger partial charge in [-0.3, -0.25) is 34.8 Å². The van der Waals surface area contributed by atoms with Crippen molar-refractivity contribution in [3.63, 3.8) is 0 Å². The van der Waals surface area contributed by atoms with E-state index >= 15 is 0 Å². The van der Waals surface area contributed by atoms with Gasteiger partial charge in [0.15, 0.2) is 11.8 Å². The number of nitrogens with one attached hydrogen (secondary N) is 3. The van der Waals surface area contributed by atoms with E-state index in [1.807, 2.05) is 24.3 Å². The third-order valence-electron chi connectivity index (χ3n) is 6.66. The van der Waals surface area contributed by atoms with Crippen LogP contribution < -0.4 is 21.8 Å². The third kappa shape index (κ3) is 20.3. The zero-order valence-electron chi connectivity index (χ0n) is 29.3. The van der Waals surface area contributed by atoms with E-state index in [1.165, 1.54) is 16.9 Å². The number of likely N-dealkylation sites (tertiary alicyclic amines) is 1. The van der Waals surface area contributed by atoms with Crippen LogP contribution in [0.25, 0.3) is 5.43 Å². The number of carbonyl (C=O) groups is 5. The van der Waals surface area contributed by atoms with Gasteiger partial charge in [-0.25, -0.2) is 0 Å². The van der Waals surface area contributed by atoms with Crippen LogP contribution in [-0.4, -0.2) is 60.1 Å². The number of carbonyl (C=O) groups excluding carboxylic acids is 5. The van der Waals surface area contributed by atoms with Gasteiger partial charge >= 0.3 is 0 Å². The predicted octanol–water partition coefficient (Wildman–Crippen LogP) is 4.80. The second kappa shape index (κ2) is 26.8. The molecule has 2 radical (unpaired) electrons. The molecule has 0 saturated carbocycles. The molecule has 1 aromatic rings. The van der Waals surface area contributed by atoms with Crippen molar-refractivity contribution >= 4 is 35.7 Å². The normalized spacial score (nSPS) is 13.0. The summed E-state index contributed by atoms with van der Waals surface area (Å²) in [6, 6.07) is 7.91. The van der Waals surface area contributed by atoms with Crippen molar-refractivity contribution in [3.05, 3.63) is 41.2 Å². The summed E-state index contributed by atoms with van der Waals surface area (Å²) in [4.78, 5) is 60.7. The Morgan fingerprint density at radius 2 is 1.52 bits per heavy atom. The van der Waals surface area contributed by atoms with Gasteiger partial charge in [-0.05, 0) is 50.8 Å². The average Bonchev–Trinajstić information content (AvgIpc) is 2.92. The first-order valence-electron chi connectivity index (χ1n) is 15.6. The van der Waals surface area contributed by atoms with Gasteiger partial charge in [0.05, 0.1) is 6.54 Å². The van der Waals surface area contributed by atoms with Gasteiger partial charge in [0.1, 0.15) is 0 Å². The molecular formula is C33H56N6O5Y2-2. The van der Waals surface area contributed by atoms with Crippen molar-refractivity contribution < 1.29 is 89.4 Å². The van der Waals surface area contributed by atoms with Crippen molar-refractivity contribution in [2.45, 2.75) is 112 Å². The maximum Gasteiger partial charge on any atom is 0.239 e. The van der Waals surface area contributed by atoms with Gasteiger partial charge in [-0.15, -0.1) is 6.54 Å². The Kier molecular flexibility index (Phi) is 28.7. The molecule has 0 aromatic heterocycles. The quantitative estimate of drug-likeness (QED) is 0.0498. The van der Waals surface area contributed by atoms with Gasteiger partial charge in [-0.1, -0.05) is 78.9 Å². The molecule has 1 aliphatic rings. The molecule has 256 valence electrons. The molecule has 1 heterocycles. The van der Waals surface area contributed by atoms with Crippen molar-refractivity contribution in [1.82, 2.24) is 15.5 Å². The topological polar surface area (TPSA) is 165 Å². The molecule has 1 saturated heterocycles. The summed E-state index contributed by atoms with van der Waals surface area (Å²) < 4.78 is 0. The standard InChI is InChI=1S/C20H35N5O4.C10H13NO.C3H8.2Y/c1-14-10-16(27)25(17(28)11-14)20(4,5)13-19(2,3)18(29)23-12-15(26)22-8-6-7-9-24-21;1-2-3-9-4-6-10(7-5-9)11-8-12;1-3-2;;/h6-13,21H2,1-5H3,(H,22,26)(H,23,29);4-8H,2-3H2,1H3,(H,11,12);3H2,1-2H3;;/q-2;;;;. The van der Waals surface area contributed by atoms with Gasteiger partial charge in [0.25, 0.3) is 0 Å². The molecule has 0 bridgehead atoms. The number of nitrogens with zero attached hydrogens (tertiary/aromatic N) is 2. The van der Waals surface area contributed by atoms with E-state index in [-0.39, 0.29) is 115 Å². The molecule has 1 aromatic carbocycles. The van der Waals surface area contributed by atoms with E-state index in [9.17, 15) is 24.0 Å². The summed E-state index contributed by atoms with van der Waals surface area (Å²) >= 11 is 0. The molecule has 0 aliphatic carbocycles. The Balaban J connectivity index is -0.000000905. The minimum atomic E-state index is -0.872. The van der Waals surface area contributed by atoms with Crippen LogP contribution in [0.5, 0.6) is 0 Å². The number of amides is 5. The molecular weight excluding hydrogens is 738 g/mol. The summed E-state index contributed by atoms with van der Waals surface area (Å²) in [6.07, 6.45) is 6.53. The number of anilines is 1. The molecule has 1 fully saturated rings. The summed E-state index contributed by atoms with van der Waals surface area (Å²) in [5.41, 5.74) is 3.98. The molecule has 5 amide bonds. The van der Waals surface area contributed by atoms with E-state index in [1.54, 1.807) is 34.6 Å². The first-order valence-corrected chi connectivity index (χ1v) is 15.6. The summed E-state index contributed by atoms with van der Waals surface area (Å²) in [6.45, 7) is 16.2. The smallest absolute Gasteiger partial charge is 0.239 e. The van der Waals surface area contributed by atoms with Crippen molar-refractivity contribution in [2.24, 2.45) is 11.3 Å². The summed E-state index contributed by atoms with van der Waals surface area (Å²) in [5.74, 6) is 4.86. The molecule has 0 atom stereocenters. The minimum Gasteiger partial charge on any atom is -0.600 e. The Hall–Kier alpha value is -1.10. The van der Waals surface area contributed by atoms with Crippen molar-refractivity contribution in [3.8, 4) is 0 Å². The number of rotatable bonds is 15. The monoisotopic (exact) mass is 794 g/mol. The van der Waals surface area contributed by atoms with Crippen LogP contribution >= 0.6 is 0 Å². The largest absolute Gasteiger partial charge is 0.600 e. The zero-order chi connectivity index (χ0) is 33.8. The molecule has 5 N–H and O–H groups in total. The zero-order valence-corrected chi connectivity index (χ0v) is 35.0. The average molecular weight is 795 g/mol. The Morgan fingerprint density at radius 1 is 0.978 bits per heavy atom. The van der Waals surface area contributed by atoms with E-state index < -0.39 is 11.0 Å². The maximum absolute atomic E-state index is 12.7. The van der Waals surface area contributed by atoms with E-state index in [0.717, 1.165) is 37.3 Å². The Labute approximate surface area is 327 Å². The van der Waals surface area contributed by atoms with Gasteiger partial charge < -0.3 is 27.2 Å². The predicted molar refractivity (Wildman–Crippen MR) is 176 cm³/mol. The molecule has 13 heteroatoms. The number of piperidine rings is 1. The van der Waals surface area contributed by atoms with Gasteiger partial charge in [0, 0.05) is 88.6 Å². The SMILES string of the molecule is CCC.CCCc1ccc(NC=O)cc1.C[C-]1CC(=O)N(C(C)(C)CC(C)(C)C(=O)NCC(=O)NCCCC[N-]N)C(=O)C1.[Y].[Y]. The number of nitrogens with two attached hydrogens (primary N) is 1. The van der Waals surface area contributed by atoms with Crippen LogP contribution in [0.3, 0.4) is 0 Å². The van der Waals surface area contributed by atoms with Crippen LogP contribution in [0, 0.1) is 11.3 Å². The van der Waals surface area contributed by atoms with Crippen LogP contribution in [0.2, 0.25) is 0 Å². The second-order valence-electron chi connectivity index (χ2n) is 12.4. The number of hydrogen-bond acceptors (Lipinski definition) is 6. The van der Waals surface area contributed by atoms with Gasteiger partial charge in [0.2, 0.25) is 18.2 Å². The molecule has 0 spiro atoms. The van der Waals surface area contributed by atoms with Crippen molar-refractivity contribution in [2.75, 3.05) is 25.0 Å². The number of hydrogen-bond donors (Lipinski definition) is 4. The minimum absolute atomic E-state index is 0. The fraction of sp³-hybridized carbons (Fsp3) is 0.636. The molecule has 1 aliphatic heterocycles. The van der Waals surface area contributed by atoms with Gasteiger partial charge in [-0.2, -0.15) is 6.92 Å². The van der Waals surface area contributed by atoms with E-state index in [0.29, 0.717) is 19.5 Å². The molecule has 46 heavy (non-hydrogen) atoms. The number of aryl methyl sites for hydroxylation is 1. The number of imide groups is 1. The van der Waals surface area contributed by atoms with Crippen LogP contribution in [-0.2, 0) is 95.8 Å². The Morgan fingerprint density at radius 3 is 2.00 bits per heavy atom. The first-order chi connectivity index (χ1) is 20.7. The van der Waals surface area contributed by atoms with Crippen molar-refractivity contribution in [1.29, 1.82) is 0 Å². The maximum atomic E-state index is 12.7. The number of benzene rings is 1. The van der Waals surface area contributed by atoms with E-state index in [2.05, 4.69) is 42.1 Å². The third-order valence-corrected chi connectivity index (χ3v) is 6.66. The fourth-order valence-electron chi connectivity index (χ4n) is 4.93. The summed E-state index contributed by atoms with van der Waals surface area (Å²) in [7, 11) is 0. The van der Waals surface area contributed by atoms with Crippen LogP contribution in [0.1, 0.15) is 106 Å². The van der Waals surface area contributed by atoms with E-state index in [4.69, 9.17) is 5.84 Å². The summed E-state index contributed by atoms with van der Waals surface area (Å²) in [5, 5.41) is 7.97. The molecule has 2 rings (SSSR count). The first kappa shape index (κ1) is 49.3. The Bertz CT molecular complexity index is 1020. The molecule has 11 nitrogen and oxygen atoms in total. The molecule has 0 unspecified atom stereocenters. The van der Waals surface area contributed by atoms with Crippen LogP contribution in [0.15, 0.2) is 24.3 Å². The number of unbranched alkanes of at least 4 members (excludes halogenated alkanes) is 1. The van der Waals surface area contributed by atoms with Crippen LogP contribution in [0.4, 0.5) is 5.69 Å². The second-order valence-corrected chi connectivity index (χ2v) is 12.4. The fourth-order valence-corrected chi connectivity index (χ4v) is 4.93.